The van der Waals surface area contributed by atoms with Crippen molar-refractivity contribution in [3.05, 3.63) is 70.5 Å². The molecule has 0 aliphatic heterocycles. The fourth-order valence-corrected chi connectivity index (χ4v) is 2.32. The van der Waals surface area contributed by atoms with E-state index in [0.717, 1.165) is 16.9 Å². The normalized spacial score (nSPS) is 10.6. The molecule has 5 nitrogen and oxygen atoms in total. The minimum absolute atomic E-state index is 0.286. The van der Waals surface area contributed by atoms with Crippen LogP contribution >= 0.6 is 11.6 Å². The number of nitrogens with one attached hydrogen (secondary N) is 1. The van der Waals surface area contributed by atoms with Crippen molar-refractivity contribution in [2.45, 2.75) is 13.8 Å². The van der Waals surface area contributed by atoms with E-state index in [1.165, 1.54) is 0 Å². The van der Waals surface area contributed by atoms with Crippen LogP contribution < -0.4 is 5.32 Å². The van der Waals surface area contributed by atoms with E-state index in [2.05, 4.69) is 15.6 Å². The molecule has 2 aromatic carbocycles. The topological polar surface area (TPSA) is 59.8 Å². The molecule has 1 heterocycles. The van der Waals surface area contributed by atoms with E-state index in [1.807, 2.05) is 43.3 Å². The third-order valence-electron chi connectivity index (χ3n) is 3.49. The zero-order valence-corrected chi connectivity index (χ0v) is 13.5. The third kappa shape index (κ3) is 3.24. The summed E-state index contributed by atoms with van der Waals surface area (Å²) < 4.78 is 1.61. The number of nitrogens with zero attached hydrogens (tertiary/aromatic N) is 3. The highest BCUT2D eigenvalue weighted by Gasteiger charge is 2.17. The van der Waals surface area contributed by atoms with Crippen LogP contribution in [0.2, 0.25) is 5.02 Å². The lowest BCUT2D eigenvalue weighted by molar-refractivity contribution is 0.102. The number of aryl methyl sites for hydroxylation is 1. The molecule has 1 amide bonds. The molecule has 0 saturated carbocycles. The summed E-state index contributed by atoms with van der Waals surface area (Å²) in [6, 6.07) is 14.8. The Morgan fingerprint density at radius 1 is 1.04 bits per heavy atom. The Kier molecular flexibility index (Phi) is 4.12. The van der Waals surface area contributed by atoms with E-state index < -0.39 is 0 Å². The molecule has 0 aliphatic rings. The molecule has 3 rings (SSSR count). The first-order valence-electron chi connectivity index (χ1n) is 7.11. The number of hydrogen-bond donors (Lipinski definition) is 1. The summed E-state index contributed by atoms with van der Waals surface area (Å²) in [7, 11) is 0. The standard InChI is InChI=1S/C17H15ClN4O/c1-11-3-7-14(8-4-11)19-17(23)16-12(2)22(21-20-16)15-9-5-13(18)6-10-15/h3-10H,1-2H3,(H,19,23). The van der Waals surface area contributed by atoms with Crippen molar-refractivity contribution in [2.24, 2.45) is 0 Å². The van der Waals surface area contributed by atoms with Crippen LogP contribution in [-0.2, 0) is 0 Å². The Bertz CT molecular complexity index is 838. The number of halogens is 1. The van der Waals surface area contributed by atoms with Crippen LogP contribution in [0.15, 0.2) is 48.5 Å². The molecule has 0 saturated heterocycles. The fraction of sp³-hybridized carbons (Fsp3) is 0.118. The molecule has 1 aromatic heterocycles. The Balaban J connectivity index is 1.85. The molecular formula is C17H15ClN4O. The van der Waals surface area contributed by atoms with Gasteiger partial charge in [0.1, 0.15) is 0 Å². The lowest BCUT2D eigenvalue weighted by Crippen LogP contribution is -2.14. The molecule has 23 heavy (non-hydrogen) atoms. The summed E-state index contributed by atoms with van der Waals surface area (Å²) in [5.41, 5.74) is 3.61. The van der Waals surface area contributed by atoms with Gasteiger partial charge >= 0.3 is 0 Å². The summed E-state index contributed by atoms with van der Waals surface area (Å²) in [4.78, 5) is 12.4. The smallest absolute Gasteiger partial charge is 0.278 e. The van der Waals surface area contributed by atoms with Crippen molar-refractivity contribution in [3.8, 4) is 5.69 Å². The summed E-state index contributed by atoms with van der Waals surface area (Å²) in [6.07, 6.45) is 0. The maximum absolute atomic E-state index is 12.4. The molecule has 0 spiro atoms. The maximum atomic E-state index is 12.4. The first-order valence-corrected chi connectivity index (χ1v) is 7.48. The molecule has 1 N–H and O–H groups in total. The second kappa shape index (κ2) is 6.22. The van der Waals surface area contributed by atoms with E-state index in [1.54, 1.807) is 23.7 Å². The lowest BCUT2D eigenvalue weighted by Gasteiger charge is -2.05. The number of carbonyl (C=O) groups excluding carboxylic acids is 1. The van der Waals surface area contributed by atoms with E-state index in [-0.39, 0.29) is 5.91 Å². The van der Waals surface area contributed by atoms with Gasteiger partial charge < -0.3 is 5.32 Å². The molecule has 3 aromatic rings. The quantitative estimate of drug-likeness (QED) is 0.796. The van der Waals surface area contributed by atoms with Crippen LogP contribution in [0.5, 0.6) is 0 Å². The number of hydrogen-bond acceptors (Lipinski definition) is 3. The zero-order valence-electron chi connectivity index (χ0n) is 12.7. The molecule has 0 radical (unpaired) electrons. The van der Waals surface area contributed by atoms with E-state index in [0.29, 0.717) is 16.4 Å². The molecular weight excluding hydrogens is 312 g/mol. The lowest BCUT2D eigenvalue weighted by atomic mass is 10.2. The molecule has 0 unspecified atom stereocenters. The summed E-state index contributed by atoms with van der Waals surface area (Å²) in [6.45, 7) is 3.80. The maximum Gasteiger partial charge on any atom is 0.278 e. The Morgan fingerprint density at radius 2 is 1.70 bits per heavy atom. The van der Waals surface area contributed by atoms with Crippen molar-refractivity contribution >= 4 is 23.2 Å². The average Bonchev–Trinajstić information content (AvgIpc) is 2.92. The van der Waals surface area contributed by atoms with Gasteiger partial charge in [-0.1, -0.05) is 34.5 Å². The predicted molar refractivity (Wildman–Crippen MR) is 90.2 cm³/mol. The minimum Gasteiger partial charge on any atom is -0.321 e. The molecule has 0 atom stereocenters. The van der Waals surface area contributed by atoms with Crippen LogP contribution in [0, 0.1) is 13.8 Å². The van der Waals surface area contributed by atoms with E-state index in [4.69, 9.17) is 11.6 Å². The number of benzene rings is 2. The van der Waals surface area contributed by atoms with Gasteiger partial charge in [-0.25, -0.2) is 4.68 Å². The number of anilines is 1. The van der Waals surface area contributed by atoms with Crippen molar-refractivity contribution in [3.63, 3.8) is 0 Å². The SMILES string of the molecule is Cc1ccc(NC(=O)c2nnn(-c3ccc(Cl)cc3)c2C)cc1. The summed E-state index contributed by atoms with van der Waals surface area (Å²) in [5.74, 6) is -0.286. The summed E-state index contributed by atoms with van der Waals surface area (Å²) >= 11 is 5.89. The number of rotatable bonds is 3. The van der Waals surface area contributed by atoms with Crippen LogP contribution in [0.4, 0.5) is 5.69 Å². The average molecular weight is 327 g/mol. The molecule has 6 heteroatoms. The van der Waals surface area contributed by atoms with Crippen LogP contribution in [-0.4, -0.2) is 20.9 Å². The van der Waals surface area contributed by atoms with Gasteiger partial charge in [0.25, 0.3) is 5.91 Å². The molecule has 116 valence electrons. The van der Waals surface area contributed by atoms with Gasteiger partial charge in [0, 0.05) is 10.7 Å². The van der Waals surface area contributed by atoms with Crippen molar-refractivity contribution in [1.29, 1.82) is 0 Å². The monoisotopic (exact) mass is 326 g/mol. The van der Waals surface area contributed by atoms with Crippen LogP contribution in [0.3, 0.4) is 0 Å². The first kappa shape index (κ1) is 15.2. The van der Waals surface area contributed by atoms with Crippen LogP contribution in [0.25, 0.3) is 5.69 Å². The van der Waals surface area contributed by atoms with Gasteiger partial charge in [0.2, 0.25) is 0 Å². The molecule has 0 aliphatic carbocycles. The van der Waals surface area contributed by atoms with Crippen molar-refractivity contribution in [2.75, 3.05) is 5.32 Å². The first-order chi connectivity index (χ1) is 11.0. The largest absolute Gasteiger partial charge is 0.321 e. The fourth-order valence-electron chi connectivity index (χ4n) is 2.19. The van der Waals surface area contributed by atoms with E-state index >= 15 is 0 Å². The third-order valence-corrected chi connectivity index (χ3v) is 3.74. The number of aromatic nitrogens is 3. The van der Waals surface area contributed by atoms with Gasteiger partial charge in [-0.15, -0.1) is 5.10 Å². The minimum atomic E-state index is -0.286. The molecule has 0 bridgehead atoms. The highest BCUT2D eigenvalue weighted by molar-refractivity contribution is 6.30. The van der Waals surface area contributed by atoms with Gasteiger partial charge in [-0.2, -0.15) is 0 Å². The Labute approximate surface area is 138 Å². The van der Waals surface area contributed by atoms with Crippen LogP contribution in [0.1, 0.15) is 21.7 Å². The van der Waals surface area contributed by atoms with Gasteiger partial charge in [-0.05, 0) is 50.2 Å². The Hall–Kier alpha value is -2.66. The predicted octanol–water partition coefficient (Wildman–Crippen LogP) is 3.79. The Morgan fingerprint density at radius 3 is 2.35 bits per heavy atom. The van der Waals surface area contributed by atoms with Crippen molar-refractivity contribution in [1.82, 2.24) is 15.0 Å². The number of carbonyl (C=O) groups is 1. The zero-order chi connectivity index (χ0) is 16.4. The number of amides is 1. The second-order valence-corrected chi connectivity index (χ2v) is 5.67. The highest BCUT2D eigenvalue weighted by Crippen LogP contribution is 2.17. The molecule has 0 fully saturated rings. The second-order valence-electron chi connectivity index (χ2n) is 5.23. The highest BCUT2D eigenvalue weighted by atomic mass is 35.5. The van der Waals surface area contributed by atoms with Gasteiger partial charge in [0.05, 0.1) is 11.4 Å². The van der Waals surface area contributed by atoms with E-state index in [9.17, 15) is 4.79 Å². The van der Waals surface area contributed by atoms with Crippen molar-refractivity contribution < 1.29 is 4.79 Å². The van der Waals surface area contributed by atoms with Gasteiger partial charge in [0.15, 0.2) is 5.69 Å². The van der Waals surface area contributed by atoms with Gasteiger partial charge in [-0.3, -0.25) is 4.79 Å². The summed E-state index contributed by atoms with van der Waals surface area (Å²) in [5, 5.41) is 11.5.